The number of hydrogen-bond donors (Lipinski definition) is 5. The predicted octanol–water partition coefficient (Wildman–Crippen LogP) is -0.315. The third-order valence-electron chi connectivity index (χ3n) is 4.36. The number of aromatic nitrogens is 3. The molecule has 2 heterocycles. The highest BCUT2D eigenvalue weighted by Crippen LogP contribution is 2.30. The van der Waals surface area contributed by atoms with Crippen molar-refractivity contribution in [2.75, 3.05) is 11.9 Å². The summed E-state index contributed by atoms with van der Waals surface area (Å²) < 4.78 is 6.41. The quantitative estimate of drug-likeness (QED) is 0.440. The number of primary amides is 1. The van der Waals surface area contributed by atoms with Crippen LogP contribution in [0.15, 0.2) is 24.3 Å². The highest BCUT2D eigenvalue weighted by Gasteiger charge is 2.45. The van der Waals surface area contributed by atoms with Crippen molar-refractivity contribution in [2.24, 2.45) is 5.73 Å². The molecular weight excluding hydrogens is 354 g/mol. The van der Waals surface area contributed by atoms with E-state index in [-0.39, 0.29) is 11.8 Å². The zero-order valence-electron chi connectivity index (χ0n) is 14.8. The summed E-state index contributed by atoms with van der Waals surface area (Å²) in [7, 11) is 0. The minimum absolute atomic E-state index is 0.0878. The lowest BCUT2D eigenvalue weighted by Crippen LogP contribution is -2.34. The van der Waals surface area contributed by atoms with Gasteiger partial charge >= 0.3 is 0 Å². The number of nitrogens with two attached hydrogens (primary N) is 1. The maximum atomic E-state index is 11.7. The first-order chi connectivity index (χ1) is 12.9. The second kappa shape index (κ2) is 8.01. The Morgan fingerprint density at radius 2 is 2.00 bits per heavy atom. The molecule has 1 saturated heterocycles. The van der Waals surface area contributed by atoms with E-state index in [1.165, 1.54) is 5.56 Å². The van der Waals surface area contributed by atoms with Crippen LogP contribution < -0.4 is 11.1 Å². The smallest absolute Gasteiger partial charge is 0.286 e. The molecule has 1 aliphatic heterocycles. The van der Waals surface area contributed by atoms with Crippen LogP contribution in [0.1, 0.15) is 35.8 Å². The summed E-state index contributed by atoms with van der Waals surface area (Å²) in [5.74, 6) is -1.02. The summed E-state index contributed by atoms with van der Waals surface area (Å²) in [5.41, 5.74) is 7.26. The fraction of sp³-hybridized carbons (Fsp3) is 0.471. The molecule has 1 fully saturated rings. The molecule has 0 aliphatic carbocycles. The maximum absolute atomic E-state index is 11.7. The molecule has 6 N–H and O–H groups in total. The van der Waals surface area contributed by atoms with Gasteiger partial charge in [-0.3, -0.25) is 4.79 Å². The number of amides is 1. The van der Waals surface area contributed by atoms with Crippen LogP contribution in [0.5, 0.6) is 0 Å². The van der Waals surface area contributed by atoms with Crippen molar-refractivity contribution in [1.29, 1.82) is 0 Å². The number of rotatable bonds is 7. The van der Waals surface area contributed by atoms with Crippen molar-refractivity contribution in [3.05, 3.63) is 35.7 Å². The molecule has 2 aromatic rings. The van der Waals surface area contributed by atoms with Crippen molar-refractivity contribution < 1.29 is 24.9 Å². The van der Waals surface area contributed by atoms with E-state index in [1.54, 1.807) is 0 Å². The van der Waals surface area contributed by atoms with Gasteiger partial charge in [0.25, 0.3) is 5.91 Å². The molecule has 0 radical (unpaired) electrons. The highest BCUT2D eigenvalue weighted by atomic mass is 16.6. The van der Waals surface area contributed by atoms with Crippen LogP contribution in [0, 0.1) is 0 Å². The number of anilines is 2. The Morgan fingerprint density at radius 1 is 1.30 bits per heavy atom. The maximum Gasteiger partial charge on any atom is 0.286 e. The van der Waals surface area contributed by atoms with Crippen LogP contribution in [-0.2, 0) is 11.2 Å². The summed E-state index contributed by atoms with van der Waals surface area (Å²) in [6.07, 6.45) is -2.90. The van der Waals surface area contributed by atoms with Gasteiger partial charge in [0.15, 0.2) is 6.23 Å². The third kappa shape index (κ3) is 3.93. The Hall–Kier alpha value is -2.53. The largest absolute Gasteiger partial charge is 0.394 e. The van der Waals surface area contributed by atoms with E-state index in [9.17, 15) is 20.1 Å². The first kappa shape index (κ1) is 19.2. The Bertz CT molecular complexity index is 794. The SMILES string of the molecule is CCCc1ccc(Nc2nc(C(N)=O)n([C@@H]3O[C@H](CO)[C@@H](O)[C@H]3O)n2)cc1. The van der Waals surface area contributed by atoms with E-state index in [4.69, 9.17) is 10.5 Å². The Balaban J connectivity index is 1.84. The summed E-state index contributed by atoms with van der Waals surface area (Å²) in [6.45, 7) is 1.61. The van der Waals surface area contributed by atoms with Crippen LogP contribution in [0.25, 0.3) is 0 Å². The number of benzene rings is 1. The van der Waals surface area contributed by atoms with Crippen LogP contribution in [0.3, 0.4) is 0 Å². The second-order valence-corrected chi connectivity index (χ2v) is 6.37. The molecule has 4 atom stereocenters. The van der Waals surface area contributed by atoms with Crippen LogP contribution in [0.4, 0.5) is 11.6 Å². The molecule has 0 spiro atoms. The topological polar surface area (TPSA) is 156 Å². The number of aryl methyl sites for hydroxylation is 1. The van der Waals surface area contributed by atoms with E-state index in [0.717, 1.165) is 17.5 Å². The van der Waals surface area contributed by atoms with Crippen molar-refractivity contribution in [3.63, 3.8) is 0 Å². The average Bonchev–Trinajstić information content (AvgIpc) is 3.19. The number of aliphatic hydroxyl groups is 3. The zero-order chi connectivity index (χ0) is 19.6. The van der Waals surface area contributed by atoms with Gasteiger partial charge < -0.3 is 31.1 Å². The number of aliphatic hydroxyl groups excluding tert-OH is 3. The number of carbonyl (C=O) groups excluding carboxylic acids is 1. The van der Waals surface area contributed by atoms with Crippen LogP contribution in [0.2, 0.25) is 0 Å². The molecule has 1 aromatic heterocycles. The van der Waals surface area contributed by atoms with Crippen molar-refractivity contribution in [2.45, 2.75) is 44.3 Å². The zero-order valence-corrected chi connectivity index (χ0v) is 14.8. The first-order valence-corrected chi connectivity index (χ1v) is 8.69. The van der Waals surface area contributed by atoms with Gasteiger partial charge in [-0.1, -0.05) is 25.5 Å². The molecule has 3 rings (SSSR count). The van der Waals surface area contributed by atoms with E-state index >= 15 is 0 Å². The minimum atomic E-state index is -1.40. The normalized spacial score (nSPS) is 24.9. The molecule has 1 aliphatic rings. The summed E-state index contributed by atoms with van der Waals surface area (Å²) >= 11 is 0. The van der Waals surface area contributed by atoms with E-state index in [0.29, 0.717) is 5.69 Å². The molecule has 0 unspecified atom stereocenters. The third-order valence-corrected chi connectivity index (χ3v) is 4.36. The Morgan fingerprint density at radius 3 is 2.56 bits per heavy atom. The lowest BCUT2D eigenvalue weighted by molar-refractivity contribution is -0.0594. The molecule has 0 bridgehead atoms. The van der Waals surface area contributed by atoms with E-state index in [2.05, 4.69) is 22.3 Å². The van der Waals surface area contributed by atoms with Gasteiger partial charge in [0.1, 0.15) is 18.3 Å². The van der Waals surface area contributed by atoms with Gasteiger partial charge in [-0.05, 0) is 24.1 Å². The molecule has 146 valence electrons. The van der Waals surface area contributed by atoms with Crippen LogP contribution >= 0.6 is 0 Å². The van der Waals surface area contributed by atoms with Crippen LogP contribution in [-0.4, -0.2) is 60.9 Å². The van der Waals surface area contributed by atoms with Crippen molar-refractivity contribution in [3.8, 4) is 0 Å². The summed E-state index contributed by atoms with van der Waals surface area (Å²) in [5, 5.41) is 36.4. The number of nitrogens with zero attached hydrogens (tertiary/aromatic N) is 3. The monoisotopic (exact) mass is 377 g/mol. The predicted molar refractivity (Wildman–Crippen MR) is 95.3 cm³/mol. The number of carbonyl (C=O) groups is 1. The molecule has 0 saturated carbocycles. The van der Waals surface area contributed by atoms with E-state index in [1.807, 2.05) is 24.3 Å². The van der Waals surface area contributed by atoms with Crippen molar-refractivity contribution in [1.82, 2.24) is 14.8 Å². The van der Waals surface area contributed by atoms with Gasteiger partial charge in [0, 0.05) is 5.69 Å². The van der Waals surface area contributed by atoms with E-state index < -0.39 is 37.1 Å². The van der Waals surface area contributed by atoms with Gasteiger partial charge in [-0.2, -0.15) is 4.98 Å². The highest BCUT2D eigenvalue weighted by molar-refractivity contribution is 5.89. The summed E-state index contributed by atoms with van der Waals surface area (Å²) in [6, 6.07) is 7.68. The Kier molecular flexibility index (Phi) is 5.71. The molecule has 1 aromatic carbocycles. The van der Waals surface area contributed by atoms with Gasteiger partial charge in [0.2, 0.25) is 11.8 Å². The average molecular weight is 377 g/mol. The minimum Gasteiger partial charge on any atom is -0.394 e. The molecule has 27 heavy (non-hydrogen) atoms. The number of ether oxygens (including phenoxy) is 1. The molecule has 1 amide bonds. The second-order valence-electron chi connectivity index (χ2n) is 6.37. The van der Waals surface area contributed by atoms with Gasteiger partial charge in [0.05, 0.1) is 6.61 Å². The fourth-order valence-corrected chi connectivity index (χ4v) is 2.98. The number of nitrogens with one attached hydrogen (secondary N) is 1. The lowest BCUT2D eigenvalue weighted by Gasteiger charge is -2.15. The van der Waals surface area contributed by atoms with Crippen molar-refractivity contribution >= 4 is 17.5 Å². The molecule has 10 nitrogen and oxygen atoms in total. The van der Waals surface area contributed by atoms with Gasteiger partial charge in [-0.25, -0.2) is 4.68 Å². The lowest BCUT2D eigenvalue weighted by atomic mass is 10.1. The Labute approximate surface area is 155 Å². The molecular formula is C17H23N5O5. The summed E-state index contributed by atoms with van der Waals surface area (Å²) in [4.78, 5) is 15.8. The fourth-order valence-electron chi connectivity index (χ4n) is 2.98. The standard InChI is InChI=1S/C17H23N5O5/c1-2-3-9-4-6-10(7-5-9)19-17-20-15(14(18)26)22(21-17)16-13(25)12(24)11(8-23)27-16/h4-7,11-13,16,23-25H,2-3,8H2,1H3,(H2,18,26)(H,19,21)/t11-,12-,13-,16-/m1/s1. The van der Waals surface area contributed by atoms with Gasteiger partial charge in [-0.15, -0.1) is 5.10 Å². The molecule has 10 heteroatoms. The number of hydrogen-bond acceptors (Lipinski definition) is 8. The first-order valence-electron chi connectivity index (χ1n) is 8.69.